The lowest BCUT2D eigenvalue weighted by Gasteiger charge is -2.17. The monoisotopic (exact) mass is 458 g/mol. The van der Waals surface area contributed by atoms with Crippen LogP contribution in [0.4, 0.5) is 0 Å². The van der Waals surface area contributed by atoms with E-state index in [1.54, 1.807) is 38.1 Å². The molecule has 0 N–H and O–H groups in total. The molecule has 0 heterocycles. The predicted octanol–water partition coefficient (Wildman–Crippen LogP) is 6.15. The van der Waals surface area contributed by atoms with Gasteiger partial charge in [-0.25, -0.2) is 9.59 Å². The second-order valence-corrected chi connectivity index (χ2v) is 7.69. The molecule has 0 unspecified atom stereocenters. The van der Waals surface area contributed by atoms with Gasteiger partial charge in [0.05, 0.1) is 24.3 Å². The SMILES string of the molecule is CCOC(=O)c1ccc2cc(OC(C)Oc3ccc4cc(C(=O)OCC)ccc4c3)ccc2c1. The van der Waals surface area contributed by atoms with Crippen LogP contribution in [0.3, 0.4) is 0 Å². The summed E-state index contributed by atoms with van der Waals surface area (Å²) in [6.07, 6.45) is -0.535. The first-order chi connectivity index (χ1) is 16.5. The lowest BCUT2D eigenvalue weighted by molar-refractivity contribution is 0.0225. The van der Waals surface area contributed by atoms with Gasteiger partial charge in [-0.15, -0.1) is 0 Å². The van der Waals surface area contributed by atoms with Crippen molar-refractivity contribution in [3.8, 4) is 11.5 Å². The standard InChI is InChI=1S/C28H26O6/c1-4-31-27(29)23-8-6-21-16-25(12-10-19(21)14-23)33-18(3)34-26-13-11-20-15-24(28(30)32-5-2)9-7-22(20)17-26/h6-18H,4-5H2,1-3H3. The average molecular weight is 459 g/mol. The maximum atomic E-state index is 11.9. The maximum Gasteiger partial charge on any atom is 0.338 e. The molecule has 34 heavy (non-hydrogen) atoms. The number of carbonyl (C=O) groups excluding carboxylic acids is 2. The van der Waals surface area contributed by atoms with Gasteiger partial charge < -0.3 is 18.9 Å². The van der Waals surface area contributed by atoms with Gasteiger partial charge in [0.1, 0.15) is 11.5 Å². The number of carbonyl (C=O) groups is 2. The van der Waals surface area contributed by atoms with Crippen LogP contribution in [0.1, 0.15) is 41.5 Å². The van der Waals surface area contributed by atoms with Crippen molar-refractivity contribution in [1.29, 1.82) is 0 Å². The third-order valence-electron chi connectivity index (χ3n) is 5.25. The second kappa shape index (κ2) is 10.3. The lowest BCUT2D eigenvalue weighted by Crippen LogP contribution is -2.19. The molecule has 4 aromatic rings. The van der Waals surface area contributed by atoms with Crippen LogP contribution in [0.2, 0.25) is 0 Å². The number of hydrogen-bond acceptors (Lipinski definition) is 6. The van der Waals surface area contributed by atoms with E-state index in [2.05, 4.69) is 0 Å². The van der Waals surface area contributed by atoms with E-state index in [1.807, 2.05) is 55.5 Å². The highest BCUT2D eigenvalue weighted by molar-refractivity contribution is 5.96. The fraction of sp³-hybridized carbons (Fsp3) is 0.214. The zero-order valence-corrected chi connectivity index (χ0v) is 19.4. The Morgan fingerprint density at radius 1 is 0.618 bits per heavy atom. The highest BCUT2D eigenvalue weighted by Gasteiger charge is 2.11. The summed E-state index contributed by atoms with van der Waals surface area (Å²) in [5, 5.41) is 3.73. The molecule has 0 saturated heterocycles. The van der Waals surface area contributed by atoms with E-state index >= 15 is 0 Å². The predicted molar refractivity (Wildman–Crippen MR) is 131 cm³/mol. The van der Waals surface area contributed by atoms with Crippen LogP contribution in [0, 0.1) is 0 Å². The zero-order valence-electron chi connectivity index (χ0n) is 19.4. The Balaban J connectivity index is 1.44. The van der Waals surface area contributed by atoms with Crippen LogP contribution in [0.25, 0.3) is 21.5 Å². The van der Waals surface area contributed by atoms with Crippen molar-refractivity contribution in [2.45, 2.75) is 27.1 Å². The highest BCUT2D eigenvalue weighted by atomic mass is 16.7. The molecule has 0 aliphatic heterocycles. The van der Waals surface area contributed by atoms with Crippen molar-refractivity contribution < 1.29 is 28.5 Å². The first kappa shape index (κ1) is 23.1. The molecule has 4 aromatic carbocycles. The fourth-order valence-electron chi connectivity index (χ4n) is 3.68. The summed E-state index contributed by atoms with van der Waals surface area (Å²) in [6, 6.07) is 22.1. The van der Waals surface area contributed by atoms with Gasteiger partial charge in [-0.05, 0) is 83.9 Å². The highest BCUT2D eigenvalue weighted by Crippen LogP contribution is 2.26. The third kappa shape index (κ3) is 5.29. The minimum Gasteiger partial charge on any atom is -0.462 e. The van der Waals surface area contributed by atoms with Crippen molar-refractivity contribution in [2.75, 3.05) is 13.2 Å². The number of fused-ring (bicyclic) bond motifs is 2. The Hall–Kier alpha value is -4.06. The van der Waals surface area contributed by atoms with Gasteiger partial charge in [-0.2, -0.15) is 0 Å². The molecular weight excluding hydrogens is 432 g/mol. The Labute approximate surface area is 198 Å². The summed E-state index contributed by atoms with van der Waals surface area (Å²) >= 11 is 0. The average Bonchev–Trinajstić information content (AvgIpc) is 2.83. The van der Waals surface area contributed by atoms with E-state index in [4.69, 9.17) is 18.9 Å². The van der Waals surface area contributed by atoms with Crippen LogP contribution < -0.4 is 9.47 Å². The van der Waals surface area contributed by atoms with Crippen LogP contribution >= 0.6 is 0 Å². The minimum absolute atomic E-state index is 0.334. The molecular formula is C28H26O6. The first-order valence-electron chi connectivity index (χ1n) is 11.2. The Bertz CT molecular complexity index is 1240. The smallest absolute Gasteiger partial charge is 0.338 e. The normalized spacial score (nSPS) is 10.9. The van der Waals surface area contributed by atoms with Crippen LogP contribution in [0.5, 0.6) is 11.5 Å². The number of hydrogen-bond donors (Lipinski definition) is 0. The van der Waals surface area contributed by atoms with E-state index in [0.29, 0.717) is 35.8 Å². The number of ether oxygens (including phenoxy) is 4. The molecule has 0 aromatic heterocycles. The molecule has 0 bridgehead atoms. The van der Waals surface area contributed by atoms with E-state index < -0.39 is 6.29 Å². The molecule has 0 aliphatic rings. The lowest BCUT2D eigenvalue weighted by atomic mass is 10.1. The van der Waals surface area contributed by atoms with Crippen LogP contribution in [0.15, 0.2) is 72.8 Å². The van der Waals surface area contributed by atoms with E-state index in [1.165, 1.54) is 0 Å². The van der Waals surface area contributed by atoms with E-state index in [9.17, 15) is 9.59 Å². The largest absolute Gasteiger partial charge is 0.462 e. The molecule has 174 valence electrons. The van der Waals surface area contributed by atoms with E-state index in [0.717, 1.165) is 21.5 Å². The molecule has 0 spiro atoms. The number of esters is 2. The second-order valence-electron chi connectivity index (χ2n) is 7.69. The van der Waals surface area contributed by atoms with Gasteiger partial charge in [0.25, 0.3) is 0 Å². The van der Waals surface area contributed by atoms with Crippen molar-refractivity contribution >= 4 is 33.5 Å². The van der Waals surface area contributed by atoms with Gasteiger partial charge in [0.2, 0.25) is 6.29 Å². The summed E-state index contributed by atoms with van der Waals surface area (Å²) in [4.78, 5) is 23.9. The molecule has 0 saturated carbocycles. The Morgan fingerprint density at radius 3 is 1.41 bits per heavy atom. The van der Waals surface area contributed by atoms with Crippen molar-refractivity contribution in [3.05, 3.63) is 83.9 Å². The molecule has 4 rings (SSSR count). The van der Waals surface area contributed by atoms with Gasteiger partial charge in [-0.1, -0.05) is 24.3 Å². The molecule has 0 amide bonds. The third-order valence-corrected chi connectivity index (χ3v) is 5.25. The molecule has 0 fully saturated rings. The molecule has 0 radical (unpaired) electrons. The van der Waals surface area contributed by atoms with Crippen molar-refractivity contribution in [1.82, 2.24) is 0 Å². The van der Waals surface area contributed by atoms with Crippen LogP contribution in [-0.4, -0.2) is 31.4 Å². The maximum absolute atomic E-state index is 11.9. The van der Waals surface area contributed by atoms with E-state index in [-0.39, 0.29) is 11.9 Å². The Kier molecular flexibility index (Phi) is 6.97. The van der Waals surface area contributed by atoms with Gasteiger partial charge in [0, 0.05) is 6.92 Å². The van der Waals surface area contributed by atoms with Gasteiger partial charge >= 0.3 is 11.9 Å². The summed E-state index contributed by atoms with van der Waals surface area (Å²) in [5.74, 6) is 0.644. The minimum atomic E-state index is -0.535. The zero-order chi connectivity index (χ0) is 24.1. The molecule has 6 nitrogen and oxygen atoms in total. The van der Waals surface area contributed by atoms with Crippen LogP contribution in [-0.2, 0) is 9.47 Å². The summed E-state index contributed by atoms with van der Waals surface area (Å²) in [6.45, 7) is 6.07. The van der Waals surface area contributed by atoms with Crippen molar-refractivity contribution in [3.63, 3.8) is 0 Å². The summed E-state index contributed by atoms with van der Waals surface area (Å²) in [7, 11) is 0. The van der Waals surface area contributed by atoms with Crippen molar-refractivity contribution in [2.24, 2.45) is 0 Å². The quantitative estimate of drug-likeness (QED) is 0.233. The van der Waals surface area contributed by atoms with Gasteiger partial charge in [0.15, 0.2) is 0 Å². The summed E-state index contributed by atoms with van der Waals surface area (Å²) < 4.78 is 22.0. The topological polar surface area (TPSA) is 71.1 Å². The summed E-state index contributed by atoms with van der Waals surface area (Å²) in [5.41, 5.74) is 1.04. The molecule has 0 aliphatic carbocycles. The molecule has 0 atom stereocenters. The number of benzene rings is 4. The van der Waals surface area contributed by atoms with Gasteiger partial charge in [-0.3, -0.25) is 0 Å². The Morgan fingerprint density at radius 2 is 1.00 bits per heavy atom. The first-order valence-corrected chi connectivity index (χ1v) is 11.2. The fourth-order valence-corrected chi connectivity index (χ4v) is 3.68. The molecule has 6 heteroatoms. The number of rotatable bonds is 8.